The van der Waals surface area contributed by atoms with E-state index in [0.29, 0.717) is 81.9 Å². The number of esters is 5. The van der Waals surface area contributed by atoms with Gasteiger partial charge in [0.15, 0.2) is 0 Å². The summed E-state index contributed by atoms with van der Waals surface area (Å²) in [4.78, 5) is 61.8. The van der Waals surface area contributed by atoms with E-state index in [1.807, 2.05) is 6.92 Å². The van der Waals surface area contributed by atoms with Crippen molar-refractivity contribution < 1.29 is 133 Å². The summed E-state index contributed by atoms with van der Waals surface area (Å²) in [6, 6.07) is 13.6. The second kappa shape index (κ2) is 107. The summed E-state index contributed by atoms with van der Waals surface area (Å²) in [5, 5.41) is 0. The molecule has 854 valence electrons. The molecule has 2 aliphatic carbocycles. The molecule has 2 fully saturated rings. The first kappa shape index (κ1) is 134. The van der Waals surface area contributed by atoms with E-state index in [9.17, 15) is 24.0 Å². The van der Waals surface area contributed by atoms with Gasteiger partial charge in [0.1, 0.15) is 17.2 Å². The first-order valence-corrected chi connectivity index (χ1v) is 59.3. The van der Waals surface area contributed by atoms with Crippen molar-refractivity contribution in [2.75, 3.05) is 251 Å². The Balaban J connectivity index is 0.705. The predicted molar refractivity (Wildman–Crippen MR) is 579 cm³/mol. The van der Waals surface area contributed by atoms with Crippen LogP contribution in [0.25, 0.3) is 0 Å². The normalized spacial score (nSPS) is 14.8. The predicted octanol–water partition coefficient (Wildman–Crippen LogP) is 25.3. The van der Waals surface area contributed by atoms with Gasteiger partial charge < -0.3 is 109 Å². The zero-order valence-corrected chi connectivity index (χ0v) is 92.7. The third kappa shape index (κ3) is 88.9. The smallest absolute Gasteiger partial charge is 0.343 e. The quantitative estimate of drug-likeness (QED) is 0.0257. The molecule has 0 spiro atoms. The first-order chi connectivity index (χ1) is 72.7. The van der Waals surface area contributed by atoms with E-state index in [-0.39, 0.29) is 42.6 Å². The number of unbranched alkanes of at least 4 members (excludes halogenated alkanes) is 25. The van der Waals surface area contributed by atoms with Gasteiger partial charge in [0.2, 0.25) is 0 Å². The van der Waals surface area contributed by atoms with Gasteiger partial charge in [-0.15, -0.1) is 0 Å². The number of benzene rings is 2. The standard InChI is InChI=1S/C119H210O28/c1-3-5-10-50-107-51-53-108(54-52-107)109-55-57-110(58-56-109)118(123)146-113-63-65-114(66-64-113)147-119(124)111-59-61-112(62-60-111)142-103-11-8-6-7-9-12-104-144-116(121)67-68-117(122)145-106-48-46-102-141-100-44-42-98-139-96-40-38-94-137-92-36-34-90-135-88-32-30-86-133-84-28-26-82-131-80-24-22-78-129-76-20-18-74-127-72-16-14-70-125-69-13-15-71-126-73-17-19-75-128-77-21-23-79-130-81-25-27-83-132-85-29-31-87-134-89-33-35-91-136-93-37-39-95-138-97-41-43-99-140-101-45-47-105-143-115(120)49-4-2/h59-66,107-110H,3-58,67-106H2,1-2H3. The molecule has 0 saturated heterocycles. The summed E-state index contributed by atoms with van der Waals surface area (Å²) < 4.78 is 132. The number of carbonyl (C=O) groups excluding carboxylic acids is 5. The Bertz CT molecular complexity index is 3140. The van der Waals surface area contributed by atoms with Crippen LogP contribution in [0.4, 0.5) is 0 Å². The van der Waals surface area contributed by atoms with E-state index in [0.717, 1.165) is 518 Å². The minimum absolute atomic E-state index is 0.0132. The van der Waals surface area contributed by atoms with Crippen LogP contribution in [0, 0.1) is 23.7 Å². The molecule has 0 atom stereocenters. The van der Waals surface area contributed by atoms with Gasteiger partial charge in [-0.05, 0) is 355 Å². The molecular formula is C119H210O28. The third-order valence-electron chi connectivity index (χ3n) is 26.4. The van der Waals surface area contributed by atoms with Gasteiger partial charge >= 0.3 is 29.8 Å². The van der Waals surface area contributed by atoms with E-state index < -0.39 is 5.97 Å². The lowest BCUT2D eigenvalue weighted by molar-refractivity contribution is -0.150. The van der Waals surface area contributed by atoms with Crippen LogP contribution in [0.2, 0.25) is 0 Å². The zero-order chi connectivity index (χ0) is 104. The number of rotatable bonds is 114. The van der Waals surface area contributed by atoms with Crippen LogP contribution in [0.1, 0.15) is 397 Å². The average Bonchev–Trinajstić information content (AvgIpc) is 0.834. The van der Waals surface area contributed by atoms with Crippen molar-refractivity contribution in [1.29, 1.82) is 0 Å². The van der Waals surface area contributed by atoms with E-state index in [2.05, 4.69) is 6.92 Å². The van der Waals surface area contributed by atoms with Crippen LogP contribution in [-0.4, -0.2) is 281 Å². The van der Waals surface area contributed by atoms with Crippen LogP contribution >= 0.6 is 0 Å². The van der Waals surface area contributed by atoms with Crippen molar-refractivity contribution in [3.05, 3.63) is 54.1 Å². The SMILES string of the molecule is CCCCCC1CCC(C2CCC(C(=O)Oc3ccc(OC(=O)c4ccc(OCCCCCCCCOC(=O)CCC(=O)OCCCCOCCCCOCCCCOCCCCOCCCCOCCCCOCCCCOCCCCOCCCCOCCCCOCCCCOCCCCOCCCCOCCCCOCCCCOCCCCOCCCCOCCCCOC(=O)CCC)cc4)cc3)CC2)CC1. The molecule has 0 unspecified atom stereocenters. The maximum atomic E-state index is 13.1. The second-order valence-corrected chi connectivity index (χ2v) is 39.7. The van der Waals surface area contributed by atoms with Gasteiger partial charge in [-0.2, -0.15) is 0 Å². The molecule has 0 bridgehead atoms. The van der Waals surface area contributed by atoms with Gasteiger partial charge in [-0.1, -0.05) is 78.1 Å². The molecule has 0 amide bonds. The summed E-state index contributed by atoms with van der Waals surface area (Å²) in [7, 11) is 0. The molecule has 2 aromatic rings. The van der Waals surface area contributed by atoms with Crippen molar-refractivity contribution in [2.45, 2.75) is 386 Å². The maximum Gasteiger partial charge on any atom is 0.343 e. The van der Waals surface area contributed by atoms with Crippen LogP contribution < -0.4 is 14.2 Å². The highest BCUT2D eigenvalue weighted by molar-refractivity contribution is 5.91. The Morgan fingerprint density at radius 1 is 0.204 bits per heavy atom. The topological polar surface area (TPSA) is 298 Å². The van der Waals surface area contributed by atoms with E-state index in [4.69, 9.17) is 109 Å². The van der Waals surface area contributed by atoms with Crippen LogP contribution in [0.15, 0.2) is 48.5 Å². The summed E-state index contributed by atoms with van der Waals surface area (Å²) >= 11 is 0. The summed E-state index contributed by atoms with van der Waals surface area (Å²) in [6.07, 6.45) is 57.8. The van der Waals surface area contributed by atoms with Crippen LogP contribution in [-0.2, 0) is 114 Å². The minimum atomic E-state index is -0.480. The van der Waals surface area contributed by atoms with Crippen molar-refractivity contribution in [3.8, 4) is 17.2 Å². The molecule has 0 N–H and O–H groups in total. The minimum Gasteiger partial charge on any atom is -0.494 e. The van der Waals surface area contributed by atoms with E-state index in [1.54, 1.807) is 48.5 Å². The molecule has 28 nitrogen and oxygen atoms in total. The first-order valence-electron chi connectivity index (χ1n) is 59.3. The molecule has 2 saturated carbocycles. The van der Waals surface area contributed by atoms with Gasteiger partial charge in [0.25, 0.3) is 0 Å². The Morgan fingerprint density at radius 3 is 0.667 bits per heavy atom. The third-order valence-corrected chi connectivity index (χ3v) is 26.4. The zero-order valence-electron chi connectivity index (χ0n) is 92.7. The molecule has 0 aromatic heterocycles. The average molecular weight is 2090 g/mol. The maximum absolute atomic E-state index is 13.1. The number of hydrogen-bond acceptors (Lipinski definition) is 28. The number of carbonyl (C=O) groups is 5. The fraction of sp³-hybridized carbons (Fsp3) is 0.857. The summed E-state index contributed by atoms with van der Waals surface area (Å²) in [6.45, 7) is 32.2. The van der Waals surface area contributed by atoms with Gasteiger partial charge in [-0.25, -0.2) is 4.79 Å². The summed E-state index contributed by atoms with van der Waals surface area (Å²) in [5.74, 6) is 2.43. The highest BCUT2D eigenvalue weighted by atomic mass is 16.6. The molecule has 28 heteroatoms. The Kier molecular flexibility index (Phi) is 97.2. The Morgan fingerprint density at radius 2 is 0.415 bits per heavy atom. The van der Waals surface area contributed by atoms with Crippen molar-refractivity contribution in [3.63, 3.8) is 0 Å². The fourth-order valence-electron chi connectivity index (χ4n) is 17.2. The van der Waals surface area contributed by atoms with E-state index in [1.165, 1.54) is 51.4 Å². The highest BCUT2D eigenvalue weighted by Gasteiger charge is 2.34. The van der Waals surface area contributed by atoms with Crippen molar-refractivity contribution >= 4 is 29.8 Å². The van der Waals surface area contributed by atoms with Crippen LogP contribution in [0.3, 0.4) is 0 Å². The van der Waals surface area contributed by atoms with Crippen LogP contribution in [0.5, 0.6) is 17.2 Å². The van der Waals surface area contributed by atoms with Crippen molar-refractivity contribution in [2.24, 2.45) is 23.7 Å². The van der Waals surface area contributed by atoms with Gasteiger partial charge in [0.05, 0.1) is 50.8 Å². The molecule has 0 aliphatic heterocycles. The van der Waals surface area contributed by atoms with Crippen molar-refractivity contribution in [1.82, 2.24) is 0 Å². The number of ether oxygens (including phenoxy) is 23. The van der Waals surface area contributed by atoms with E-state index >= 15 is 0 Å². The van der Waals surface area contributed by atoms with Gasteiger partial charge in [0, 0.05) is 231 Å². The Hall–Kier alpha value is -5.09. The summed E-state index contributed by atoms with van der Waals surface area (Å²) in [5.41, 5.74) is 0.407. The molecule has 0 radical (unpaired) electrons. The molecule has 2 aliphatic rings. The lowest BCUT2D eigenvalue weighted by atomic mass is 9.68. The highest BCUT2D eigenvalue weighted by Crippen LogP contribution is 2.43. The lowest BCUT2D eigenvalue weighted by Crippen LogP contribution is -2.30. The largest absolute Gasteiger partial charge is 0.494 e. The Labute approximate surface area is 890 Å². The monoisotopic (exact) mass is 2090 g/mol. The van der Waals surface area contributed by atoms with Gasteiger partial charge in [-0.3, -0.25) is 19.2 Å². The molecular weight excluding hydrogens is 1880 g/mol. The fourth-order valence-corrected chi connectivity index (χ4v) is 17.2. The second-order valence-electron chi connectivity index (χ2n) is 39.7. The molecule has 2 aromatic carbocycles. The molecule has 147 heavy (non-hydrogen) atoms. The number of hydrogen-bond donors (Lipinski definition) is 0. The lowest BCUT2D eigenvalue weighted by Gasteiger charge is -2.37. The molecule has 4 rings (SSSR count). The molecule has 0 heterocycles.